The van der Waals surface area contributed by atoms with Gasteiger partial charge in [0.2, 0.25) is 0 Å². The predicted octanol–water partition coefficient (Wildman–Crippen LogP) is 3.65. The maximum absolute atomic E-state index is 12.7. The number of Topliss-reactive ketones (excluding diaryl/α,β-unsaturated/α-hetero) is 1. The van der Waals surface area contributed by atoms with Gasteiger partial charge in [0.15, 0.2) is 5.78 Å². The van der Waals surface area contributed by atoms with Crippen molar-refractivity contribution < 1.29 is 18.7 Å². The Hall–Kier alpha value is -2.75. The molecule has 0 saturated carbocycles. The molecule has 4 heteroatoms. The highest BCUT2D eigenvalue weighted by atomic mass is 19.1. The van der Waals surface area contributed by atoms with Crippen LogP contribution in [0.25, 0.3) is 6.08 Å². The molecule has 0 unspecified atom stereocenters. The topological polar surface area (TPSA) is 43.4 Å². The summed E-state index contributed by atoms with van der Waals surface area (Å²) in [5, 5.41) is 0. The summed E-state index contributed by atoms with van der Waals surface area (Å²) in [7, 11) is 0. The number of carbonyl (C=O) groups is 2. The van der Waals surface area contributed by atoms with E-state index < -0.39 is 5.97 Å². The second kappa shape index (κ2) is 6.61. The average Bonchev–Trinajstić information content (AvgIpc) is 2.47. The standard InChI is InChI=1S/C17H13FO3/c1-12(19)15-4-2-3-5-16(15)21-17(20)11-8-13-6-9-14(18)10-7-13/h2-11H,1H3/b11-8+. The highest BCUT2D eigenvalue weighted by Gasteiger charge is 2.09. The summed E-state index contributed by atoms with van der Waals surface area (Å²) in [5.74, 6) is -0.905. The van der Waals surface area contributed by atoms with Gasteiger partial charge in [-0.25, -0.2) is 9.18 Å². The first-order chi connectivity index (χ1) is 10.1. The van der Waals surface area contributed by atoms with Gasteiger partial charge in [-0.1, -0.05) is 24.3 Å². The summed E-state index contributed by atoms with van der Waals surface area (Å²) in [6, 6.07) is 12.2. The minimum Gasteiger partial charge on any atom is -0.423 e. The molecule has 106 valence electrons. The van der Waals surface area contributed by atoms with Crippen molar-refractivity contribution in [3.63, 3.8) is 0 Å². The van der Waals surface area contributed by atoms with Crippen LogP contribution in [-0.2, 0) is 4.79 Å². The quantitative estimate of drug-likeness (QED) is 0.372. The van der Waals surface area contributed by atoms with Crippen molar-refractivity contribution in [3.8, 4) is 5.75 Å². The Morgan fingerprint density at radius 1 is 1.05 bits per heavy atom. The van der Waals surface area contributed by atoms with E-state index in [2.05, 4.69) is 0 Å². The van der Waals surface area contributed by atoms with Crippen molar-refractivity contribution in [2.75, 3.05) is 0 Å². The summed E-state index contributed by atoms with van der Waals surface area (Å²) in [5.41, 5.74) is 1.02. The maximum atomic E-state index is 12.7. The number of esters is 1. The molecule has 0 bridgehead atoms. The van der Waals surface area contributed by atoms with E-state index in [-0.39, 0.29) is 17.3 Å². The number of para-hydroxylation sites is 1. The van der Waals surface area contributed by atoms with E-state index in [1.807, 2.05) is 0 Å². The van der Waals surface area contributed by atoms with E-state index in [1.54, 1.807) is 36.4 Å². The monoisotopic (exact) mass is 284 g/mol. The minimum atomic E-state index is -0.604. The lowest BCUT2D eigenvalue weighted by Gasteiger charge is -2.05. The van der Waals surface area contributed by atoms with Crippen LogP contribution in [0, 0.1) is 5.82 Å². The first-order valence-corrected chi connectivity index (χ1v) is 6.31. The Kier molecular flexibility index (Phi) is 4.61. The zero-order chi connectivity index (χ0) is 15.2. The molecule has 0 aliphatic rings. The molecule has 0 saturated heterocycles. The van der Waals surface area contributed by atoms with E-state index >= 15 is 0 Å². The second-order valence-corrected chi connectivity index (χ2v) is 4.36. The molecule has 0 atom stereocenters. The molecular weight excluding hydrogens is 271 g/mol. The van der Waals surface area contributed by atoms with Crippen molar-refractivity contribution in [2.45, 2.75) is 6.92 Å². The highest BCUT2D eigenvalue weighted by molar-refractivity contribution is 5.98. The number of hydrogen-bond acceptors (Lipinski definition) is 3. The van der Waals surface area contributed by atoms with Crippen molar-refractivity contribution >= 4 is 17.8 Å². The van der Waals surface area contributed by atoms with Crippen LogP contribution in [0.2, 0.25) is 0 Å². The summed E-state index contributed by atoms with van der Waals surface area (Å²) < 4.78 is 17.9. The molecule has 0 radical (unpaired) electrons. The first kappa shape index (κ1) is 14.7. The van der Waals surface area contributed by atoms with Gasteiger partial charge >= 0.3 is 5.97 Å². The van der Waals surface area contributed by atoms with E-state index in [4.69, 9.17) is 4.74 Å². The minimum absolute atomic E-state index is 0.180. The van der Waals surface area contributed by atoms with Crippen molar-refractivity contribution in [1.82, 2.24) is 0 Å². The fourth-order valence-electron chi connectivity index (χ4n) is 1.73. The summed E-state index contributed by atoms with van der Waals surface area (Å²) in [6.45, 7) is 1.40. The second-order valence-electron chi connectivity index (χ2n) is 4.36. The number of ether oxygens (including phenoxy) is 1. The molecule has 3 nitrogen and oxygen atoms in total. The lowest BCUT2D eigenvalue weighted by atomic mass is 10.1. The fourth-order valence-corrected chi connectivity index (χ4v) is 1.73. The van der Waals surface area contributed by atoms with Crippen LogP contribution in [0.3, 0.4) is 0 Å². The Bertz CT molecular complexity index is 687. The van der Waals surface area contributed by atoms with Gasteiger partial charge in [-0.05, 0) is 42.8 Å². The van der Waals surface area contributed by atoms with E-state index in [0.717, 1.165) is 0 Å². The Labute approximate surface area is 121 Å². The van der Waals surface area contributed by atoms with Crippen LogP contribution in [0.1, 0.15) is 22.8 Å². The third kappa shape index (κ3) is 4.11. The average molecular weight is 284 g/mol. The van der Waals surface area contributed by atoms with Crippen LogP contribution >= 0.6 is 0 Å². The van der Waals surface area contributed by atoms with Crippen LogP contribution in [-0.4, -0.2) is 11.8 Å². The van der Waals surface area contributed by atoms with Crippen LogP contribution in [0.15, 0.2) is 54.6 Å². The number of benzene rings is 2. The van der Waals surface area contributed by atoms with Gasteiger partial charge in [0, 0.05) is 6.08 Å². The first-order valence-electron chi connectivity index (χ1n) is 6.31. The van der Waals surface area contributed by atoms with Gasteiger partial charge in [-0.15, -0.1) is 0 Å². The third-order valence-electron chi connectivity index (χ3n) is 2.76. The van der Waals surface area contributed by atoms with Crippen molar-refractivity contribution in [2.24, 2.45) is 0 Å². The number of carbonyl (C=O) groups excluding carboxylic acids is 2. The molecule has 0 aromatic heterocycles. The van der Waals surface area contributed by atoms with Gasteiger partial charge in [0.25, 0.3) is 0 Å². The molecule has 0 heterocycles. The van der Waals surface area contributed by atoms with Crippen LogP contribution in [0.5, 0.6) is 5.75 Å². The van der Waals surface area contributed by atoms with Gasteiger partial charge in [-0.2, -0.15) is 0 Å². The largest absolute Gasteiger partial charge is 0.423 e. The summed E-state index contributed by atoms with van der Waals surface area (Å²) in [6.07, 6.45) is 2.74. The zero-order valence-electron chi connectivity index (χ0n) is 11.4. The third-order valence-corrected chi connectivity index (χ3v) is 2.76. The van der Waals surface area contributed by atoms with E-state index in [0.29, 0.717) is 11.1 Å². The number of ketones is 1. The molecule has 0 amide bonds. The predicted molar refractivity (Wildman–Crippen MR) is 77.5 cm³/mol. The summed E-state index contributed by atoms with van der Waals surface area (Å²) in [4.78, 5) is 23.1. The number of rotatable bonds is 4. The van der Waals surface area contributed by atoms with E-state index in [9.17, 15) is 14.0 Å². The fraction of sp³-hybridized carbons (Fsp3) is 0.0588. The van der Waals surface area contributed by atoms with Gasteiger partial charge < -0.3 is 4.74 Å². The normalized spacial score (nSPS) is 10.6. The SMILES string of the molecule is CC(=O)c1ccccc1OC(=O)/C=C/c1ccc(F)cc1. The molecule has 0 spiro atoms. The Balaban J connectivity index is 2.08. The molecule has 21 heavy (non-hydrogen) atoms. The highest BCUT2D eigenvalue weighted by Crippen LogP contribution is 2.18. The van der Waals surface area contributed by atoms with E-state index in [1.165, 1.54) is 31.2 Å². The van der Waals surface area contributed by atoms with Gasteiger partial charge in [-0.3, -0.25) is 4.79 Å². The lowest BCUT2D eigenvalue weighted by molar-refractivity contribution is -0.128. The van der Waals surface area contributed by atoms with Crippen molar-refractivity contribution in [3.05, 3.63) is 71.6 Å². The molecule has 2 rings (SSSR count). The molecule has 0 N–H and O–H groups in total. The van der Waals surface area contributed by atoms with Crippen LogP contribution < -0.4 is 4.74 Å². The van der Waals surface area contributed by atoms with Gasteiger partial charge in [0.05, 0.1) is 5.56 Å². The Morgan fingerprint density at radius 3 is 2.38 bits per heavy atom. The Morgan fingerprint density at radius 2 is 1.71 bits per heavy atom. The molecule has 0 aliphatic carbocycles. The molecule has 2 aromatic rings. The molecule has 0 aliphatic heterocycles. The van der Waals surface area contributed by atoms with Crippen molar-refractivity contribution in [1.29, 1.82) is 0 Å². The summed E-state index contributed by atoms with van der Waals surface area (Å²) >= 11 is 0. The molecule has 0 fully saturated rings. The zero-order valence-corrected chi connectivity index (χ0v) is 11.4. The smallest absolute Gasteiger partial charge is 0.336 e. The van der Waals surface area contributed by atoms with Crippen LogP contribution in [0.4, 0.5) is 4.39 Å². The molecule has 2 aromatic carbocycles. The lowest BCUT2D eigenvalue weighted by Crippen LogP contribution is -2.07. The van der Waals surface area contributed by atoms with Gasteiger partial charge in [0.1, 0.15) is 11.6 Å². The number of hydrogen-bond donors (Lipinski definition) is 0. The number of halogens is 1. The maximum Gasteiger partial charge on any atom is 0.336 e. The molecular formula is C17H13FO3.